The van der Waals surface area contributed by atoms with E-state index in [9.17, 15) is 4.79 Å². The van der Waals surface area contributed by atoms with Crippen molar-refractivity contribution < 1.29 is 9.32 Å². The third-order valence-electron chi connectivity index (χ3n) is 3.33. The van der Waals surface area contributed by atoms with Gasteiger partial charge in [0.25, 0.3) is 0 Å². The zero-order valence-corrected chi connectivity index (χ0v) is 12.8. The third kappa shape index (κ3) is 3.20. The fourth-order valence-corrected chi connectivity index (χ4v) is 2.16. The summed E-state index contributed by atoms with van der Waals surface area (Å²) in [6.07, 6.45) is 1.61. The lowest BCUT2D eigenvalue weighted by Crippen LogP contribution is -2.29. The summed E-state index contributed by atoms with van der Waals surface area (Å²) in [4.78, 5) is 12.0. The molecule has 3 aromatic rings. The number of rotatable bonds is 4. The van der Waals surface area contributed by atoms with Gasteiger partial charge in [-0.25, -0.2) is 4.79 Å². The van der Waals surface area contributed by atoms with Gasteiger partial charge in [0.15, 0.2) is 11.6 Å². The number of hydrogen-bond acceptors (Lipinski definition) is 5. The number of anilines is 1. The number of urea groups is 1. The standard InChI is InChI=1S/C15H16N6O2/c1-10-14(11(2)23-20-10)18-15(22)16-8-13-19-17-9-21(13)12-6-4-3-5-7-12/h3-7,9H,8H2,1-2H3,(H2,16,18,22). The summed E-state index contributed by atoms with van der Waals surface area (Å²) >= 11 is 0. The van der Waals surface area contributed by atoms with Crippen molar-refractivity contribution in [2.75, 3.05) is 5.32 Å². The predicted molar refractivity (Wildman–Crippen MR) is 83.2 cm³/mol. The van der Waals surface area contributed by atoms with E-state index in [1.807, 2.05) is 34.9 Å². The molecular weight excluding hydrogens is 296 g/mol. The lowest BCUT2D eigenvalue weighted by Gasteiger charge is -2.08. The molecule has 0 atom stereocenters. The molecule has 1 aromatic carbocycles. The molecule has 8 nitrogen and oxygen atoms in total. The second-order valence-corrected chi connectivity index (χ2v) is 4.96. The Morgan fingerprint density at radius 2 is 2.04 bits per heavy atom. The van der Waals surface area contributed by atoms with Crippen LogP contribution < -0.4 is 10.6 Å². The van der Waals surface area contributed by atoms with Gasteiger partial charge in [-0.1, -0.05) is 23.4 Å². The lowest BCUT2D eigenvalue weighted by atomic mass is 10.3. The summed E-state index contributed by atoms with van der Waals surface area (Å²) < 4.78 is 6.82. The van der Waals surface area contributed by atoms with Crippen LogP contribution in [0.3, 0.4) is 0 Å². The largest absolute Gasteiger partial charge is 0.359 e. The van der Waals surface area contributed by atoms with Gasteiger partial charge >= 0.3 is 6.03 Å². The highest BCUT2D eigenvalue weighted by Gasteiger charge is 2.13. The van der Waals surface area contributed by atoms with Crippen LogP contribution in [-0.4, -0.2) is 26.0 Å². The van der Waals surface area contributed by atoms with Gasteiger partial charge in [0.05, 0.1) is 6.54 Å². The number of nitrogens with zero attached hydrogens (tertiary/aromatic N) is 4. The molecule has 2 heterocycles. The molecule has 0 aliphatic heterocycles. The van der Waals surface area contributed by atoms with Crippen LogP contribution in [0.15, 0.2) is 41.2 Å². The summed E-state index contributed by atoms with van der Waals surface area (Å²) in [5, 5.41) is 17.2. The maximum absolute atomic E-state index is 12.0. The Kier molecular flexibility index (Phi) is 4.05. The van der Waals surface area contributed by atoms with E-state index in [0.717, 1.165) is 5.69 Å². The van der Waals surface area contributed by atoms with Gasteiger partial charge in [-0.15, -0.1) is 10.2 Å². The number of nitrogens with one attached hydrogen (secondary N) is 2. The summed E-state index contributed by atoms with van der Waals surface area (Å²) in [5.74, 6) is 1.19. The highest BCUT2D eigenvalue weighted by atomic mass is 16.5. The molecule has 0 spiro atoms. The van der Waals surface area contributed by atoms with Crippen molar-refractivity contribution in [1.29, 1.82) is 0 Å². The van der Waals surface area contributed by atoms with Gasteiger partial charge in [-0.3, -0.25) is 4.57 Å². The van der Waals surface area contributed by atoms with E-state index in [1.54, 1.807) is 20.2 Å². The van der Waals surface area contributed by atoms with Gasteiger partial charge in [-0.05, 0) is 26.0 Å². The van der Waals surface area contributed by atoms with Crippen molar-refractivity contribution in [2.24, 2.45) is 0 Å². The zero-order chi connectivity index (χ0) is 16.2. The van der Waals surface area contributed by atoms with Crippen molar-refractivity contribution in [2.45, 2.75) is 20.4 Å². The molecule has 2 amide bonds. The highest BCUT2D eigenvalue weighted by Crippen LogP contribution is 2.18. The molecule has 2 N–H and O–H groups in total. The van der Waals surface area contributed by atoms with Gasteiger partial charge in [0.1, 0.15) is 17.7 Å². The van der Waals surface area contributed by atoms with E-state index in [1.165, 1.54) is 0 Å². The van der Waals surface area contributed by atoms with E-state index in [2.05, 4.69) is 26.0 Å². The van der Waals surface area contributed by atoms with Crippen LogP contribution in [0.1, 0.15) is 17.3 Å². The Labute approximate surface area is 132 Å². The zero-order valence-electron chi connectivity index (χ0n) is 12.8. The first kappa shape index (κ1) is 14.8. The Morgan fingerprint density at radius 3 is 2.74 bits per heavy atom. The number of carbonyl (C=O) groups excluding carboxylic acids is 1. The topological polar surface area (TPSA) is 97.9 Å². The highest BCUT2D eigenvalue weighted by molar-refractivity contribution is 5.90. The second-order valence-electron chi connectivity index (χ2n) is 4.96. The number of hydrogen-bond donors (Lipinski definition) is 2. The van der Waals surface area contributed by atoms with Crippen molar-refractivity contribution >= 4 is 11.7 Å². The number of benzene rings is 1. The average molecular weight is 312 g/mol. The molecule has 3 rings (SSSR count). The van der Waals surface area contributed by atoms with Crippen molar-refractivity contribution in [1.82, 2.24) is 25.2 Å². The first-order valence-corrected chi connectivity index (χ1v) is 7.07. The average Bonchev–Trinajstić information content (AvgIpc) is 3.15. The smallest absolute Gasteiger partial charge is 0.319 e. The molecule has 0 bridgehead atoms. The Morgan fingerprint density at radius 1 is 1.26 bits per heavy atom. The molecule has 0 saturated heterocycles. The molecular formula is C15H16N6O2. The number of para-hydroxylation sites is 1. The lowest BCUT2D eigenvalue weighted by molar-refractivity contribution is 0.251. The third-order valence-corrected chi connectivity index (χ3v) is 3.33. The predicted octanol–water partition coefficient (Wildman–Crippen LogP) is 2.19. The quantitative estimate of drug-likeness (QED) is 0.769. The second kappa shape index (κ2) is 6.30. The van der Waals surface area contributed by atoms with Crippen LogP contribution in [0.5, 0.6) is 0 Å². The first-order valence-electron chi connectivity index (χ1n) is 7.07. The van der Waals surface area contributed by atoms with Crippen molar-refractivity contribution in [3.63, 3.8) is 0 Å². The van der Waals surface area contributed by atoms with Crippen LogP contribution in [0.4, 0.5) is 10.5 Å². The maximum atomic E-state index is 12.0. The minimum Gasteiger partial charge on any atom is -0.359 e. The minimum absolute atomic E-state index is 0.240. The van der Waals surface area contributed by atoms with Gasteiger partial charge < -0.3 is 15.2 Å². The van der Waals surface area contributed by atoms with E-state index < -0.39 is 0 Å². The summed E-state index contributed by atoms with van der Waals surface area (Å²) in [6.45, 7) is 3.74. The molecule has 0 unspecified atom stereocenters. The number of amides is 2. The Bertz CT molecular complexity index is 789. The molecule has 2 aromatic heterocycles. The first-order chi connectivity index (χ1) is 11.1. The van der Waals surface area contributed by atoms with Crippen molar-refractivity contribution in [3.05, 3.63) is 53.9 Å². The van der Waals surface area contributed by atoms with Crippen LogP contribution >= 0.6 is 0 Å². The molecule has 8 heteroatoms. The van der Waals surface area contributed by atoms with E-state index in [0.29, 0.717) is 23.0 Å². The number of carbonyl (C=O) groups is 1. The molecule has 118 valence electrons. The molecule has 0 saturated carbocycles. The fourth-order valence-electron chi connectivity index (χ4n) is 2.16. The van der Waals surface area contributed by atoms with Crippen LogP contribution in [0.25, 0.3) is 5.69 Å². The maximum Gasteiger partial charge on any atom is 0.319 e. The molecule has 23 heavy (non-hydrogen) atoms. The summed E-state index contributed by atoms with van der Waals surface area (Å²) in [5.41, 5.74) is 2.14. The molecule has 0 aliphatic carbocycles. The van der Waals surface area contributed by atoms with E-state index in [-0.39, 0.29) is 12.6 Å². The fraction of sp³-hybridized carbons (Fsp3) is 0.200. The molecule has 0 aliphatic rings. The molecule has 0 fully saturated rings. The SMILES string of the molecule is Cc1noc(C)c1NC(=O)NCc1nncn1-c1ccccc1. The number of aromatic nitrogens is 4. The summed E-state index contributed by atoms with van der Waals surface area (Å²) in [7, 11) is 0. The van der Waals surface area contributed by atoms with E-state index in [4.69, 9.17) is 4.52 Å². The van der Waals surface area contributed by atoms with Gasteiger partial charge in [0, 0.05) is 5.69 Å². The van der Waals surface area contributed by atoms with Crippen LogP contribution in [0.2, 0.25) is 0 Å². The van der Waals surface area contributed by atoms with Crippen LogP contribution in [-0.2, 0) is 6.54 Å². The van der Waals surface area contributed by atoms with Crippen LogP contribution in [0, 0.1) is 13.8 Å². The molecule has 0 radical (unpaired) electrons. The summed E-state index contributed by atoms with van der Waals surface area (Å²) in [6, 6.07) is 9.31. The minimum atomic E-state index is -0.359. The van der Waals surface area contributed by atoms with Crippen molar-refractivity contribution in [3.8, 4) is 5.69 Å². The Hall–Kier alpha value is -3.16. The van der Waals surface area contributed by atoms with E-state index >= 15 is 0 Å². The Balaban J connectivity index is 1.65. The van der Waals surface area contributed by atoms with Gasteiger partial charge in [0.2, 0.25) is 0 Å². The normalized spacial score (nSPS) is 10.5. The monoisotopic (exact) mass is 312 g/mol. The number of aryl methyl sites for hydroxylation is 2. The van der Waals surface area contributed by atoms with Gasteiger partial charge in [-0.2, -0.15) is 0 Å².